The number of anilines is 1. The van der Waals surface area contributed by atoms with Crippen molar-refractivity contribution in [2.24, 2.45) is 0 Å². The highest BCUT2D eigenvalue weighted by Gasteiger charge is 2.35. The molecule has 0 saturated heterocycles. The molecule has 0 N–H and O–H groups in total. The van der Waals surface area contributed by atoms with Gasteiger partial charge < -0.3 is 4.74 Å². The predicted octanol–water partition coefficient (Wildman–Crippen LogP) is 0.477. The molecule has 118 valence electrons. The first-order valence-corrected chi connectivity index (χ1v) is 8.87. The Hall–Kier alpha value is -1.75. The molecule has 0 spiro atoms. The summed E-state index contributed by atoms with van der Waals surface area (Å²) in [6.07, 6.45) is 0.943. The molecule has 0 saturated carbocycles. The predicted molar refractivity (Wildman–Crippen MR) is 69.9 cm³/mol. The van der Waals surface area contributed by atoms with Crippen LogP contribution in [0.3, 0.4) is 0 Å². The first-order valence-electron chi connectivity index (χ1n) is 5.18. The fraction of sp³-hybridized carbons (Fsp3) is 0.300. The van der Waals surface area contributed by atoms with Crippen molar-refractivity contribution >= 4 is 31.7 Å². The van der Waals surface area contributed by atoms with Gasteiger partial charge in [-0.15, -0.1) is 0 Å². The Morgan fingerprint density at radius 1 is 1.10 bits per heavy atom. The lowest BCUT2D eigenvalue weighted by Gasteiger charge is -2.22. The highest BCUT2D eigenvalue weighted by Crippen LogP contribution is 2.31. The molecule has 0 amide bonds. The second-order valence-corrected chi connectivity index (χ2v) is 7.87. The van der Waals surface area contributed by atoms with Crippen molar-refractivity contribution in [3.8, 4) is 0 Å². The monoisotopic (exact) mass is 343 g/mol. The minimum Gasteiger partial charge on any atom is -0.465 e. The van der Waals surface area contributed by atoms with Crippen LogP contribution in [0.25, 0.3) is 0 Å². The summed E-state index contributed by atoms with van der Waals surface area (Å²) in [5.74, 6) is -4.54. The number of rotatable bonds is 4. The molecule has 0 aromatic heterocycles. The topological polar surface area (TPSA) is 97.8 Å². The summed E-state index contributed by atoms with van der Waals surface area (Å²) in [5, 5.41) is 0. The highest BCUT2D eigenvalue weighted by atomic mass is 32.3. The third-order valence-corrected chi connectivity index (χ3v) is 5.45. The molecule has 1 aromatic carbocycles. The quantitative estimate of drug-likeness (QED) is 0.738. The van der Waals surface area contributed by atoms with E-state index in [4.69, 9.17) is 0 Å². The molecular formula is C10H11F2NO6S2. The number of carbonyl (C=O) groups excluding carboxylic acids is 1. The maximum Gasteiger partial charge on any atom is 0.340 e. The van der Waals surface area contributed by atoms with Gasteiger partial charge in [0, 0.05) is 0 Å². The van der Waals surface area contributed by atoms with E-state index >= 15 is 0 Å². The first-order chi connectivity index (χ1) is 9.41. The average molecular weight is 343 g/mol. The van der Waals surface area contributed by atoms with E-state index in [1.807, 2.05) is 0 Å². The van der Waals surface area contributed by atoms with Crippen LogP contribution in [-0.2, 0) is 24.8 Å². The van der Waals surface area contributed by atoms with E-state index in [1.54, 1.807) is 0 Å². The second kappa shape index (κ2) is 5.56. The number of esters is 1. The lowest BCUT2D eigenvalue weighted by molar-refractivity contribution is 0.0601. The van der Waals surface area contributed by atoms with Crippen molar-refractivity contribution < 1.29 is 35.1 Å². The zero-order chi connectivity index (χ0) is 16.6. The summed E-state index contributed by atoms with van der Waals surface area (Å²) in [5.41, 5.74) is -1.99. The molecule has 0 fully saturated rings. The Bertz CT molecular complexity index is 756. The van der Waals surface area contributed by atoms with Crippen LogP contribution >= 0.6 is 0 Å². The Kier molecular flexibility index (Phi) is 4.58. The van der Waals surface area contributed by atoms with Gasteiger partial charge in [-0.05, 0) is 12.1 Å². The summed E-state index contributed by atoms with van der Waals surface area (Å²) in [6.45, 7) is 0. The summed E-state index contributed by atoms with van der Waals surface area (Å²) in [7, 11) is -8.18. The van der Waals surface area contributed by atoms with Crippen molar-refractivity contribution in [1.29, 1.82) is 0 Å². The van der Waals surface area contributed by atoms with Crippen LogP contribution in [0.1, 0.15) is 10.4 Å². The lowest BCUT2D eigenvalue weighted by atomic mass is 10.1. The fourth-order valence-corrected chi connectivity index (χ4v) is 4.56. The van der Waals surface area contributed by atoms with Gasteiger partial charge in [0.05, 0.1) is 25.2 Å². The molecule has 0 aliphatic heterocycles. The minimum atomic E-state index is -4.55. The molecule has 1 aromatic rings. The van der Waals surface area contributed by atoms with E-state index in [-0.39, 0.29) is 3.71 Å². The molecule has 0 heterocycles. The normalized spacial score (nSPS) is 12.0. The van der Waals surface area contributed by atoms with Gasteiger partial charge in [0.15, 0.2) is 11.6 Å². The molecule has 7 nitrogen and oxygen atoms in total. The number of hydrogen-bond acceptors (Lipinski definition) is 6. The molecule has 1 rings (SSSR count). The van der Waals surface area contributed by atoms with E-state index in [2.05, 4.69) is 4.74 Å². The standard InChI is InChI=1S/C10H11F2NO6S2/c1-19-10(14)6-4-5-7(11)8(12)9(6)13(20(2,15)16)21(3,17)18/h4-5H,1-3H3. The van der Waals surface area contributed by atoms with Crippen molar-refractivity contribution in [1.82, 2.24) is 0 Å². The van der Waals surface area contributed by atoms with Gasteiger partial charge in [-0.2, -0.15) is 3.71 Å². The van der Waals surface area contributed by atoms with E-state index in [0.717, 1.165) is 13.2 Å². The van der Waals surface area contributed by atoms with Crippen LogP contribution < -0.4 is 3.71 Å². The van der Waals surface area contributed by atoms with Gasteiger partial charge in [0.25, 0.3) is 0 Å². The summed E-state index contributed by atoms with van der Waals surface area (Å²) in [4.78, 5) is 11.5. The summed E-state index contributed by atoms with van der Waals surface area (Å²) >= 11 is 0. The second-order valence-electron chi connectivity index (χ2n) is 3.97. The third-order valence-electron chi connectivity index (χ3n) is 2.26. The van der Waals surface area contributed by atoms with Crippen molar-refractivity contribution in [3.63, 3.8) is 0 Å². The Labute approximate surface area is 120 Å². The number of nitrogens with zero attached hydrogens (tertiary/aromatic N) is 1. The van der Waals surface area contributed by atoms with Gasteiger partial charge in [-0.1, -0.05) is 0 Å². The van der Waals surface area contributed by atoms with Crippen LogP contribution in [0.15, 0.2) is 12.1 Å². The Morgan fingerprint density at radius 2 is 1.57 bits per heavy atom. The number of benzene rings is 1. The van der Waals surface area contributed by atoms with Gasteiger partial charge in [0.1, 0.15) is 5.69 Å². The third kappa shape index (κ3) is 3.47. The zero-order valence-electron chi connectivity index (χ0n) is 11.1. The molecule has 0 unspecified atom stereocenters. The average Bonchev–Trinajstić information content (AvgIpc) is 2.31. The van der Waals surface area contributed by atoms with Crippen LogP contribution in [-0.4, -0.2) is 42.4 Å². The number of halogens is 2. The van der Waals surface area contributed by atoms with Gasteiger partial charge in [-0.3, -0.25) is 0 Å². The minimum absolute atomic E-state index is 0.356. The smallest absolute Gasteiger partial charge is 0.340 e. The first kappa shape index (κ1) is 17.3. The zero-order valence-corrected chi connectivity index (χ0v) is 12.8. The summed E-state index contributed by atoms with van der Waals surface area (Å²) in [6, 6.07) is 1.27. The largest absolute Gasteiger partial charge is 0.465 e. The number of sulfonamides is 2. The van der Waals surface area contributed by atoms with Crippen molar-refractivity contribution in [2.75, 3.05) is 23.3 Å². The molecule has 0 radical (unpaired) electrons. The molecule has 21 heavy (non-hydrogen) atoms. The molecule has 0 bridgehead atoms. The molecule has 0 aliphatic rings. The number of hydrogen-bond donors (Lipinski definition) is 0. The molecular weight excluding hydrogens is 332 g/mol. The maximum atomic E-state index is 13.9. The van der Waals surface area contributed by atoms with E-state index in [0.29, 0.717) is 18.6 Å². The van der Waals surface area contributed by atoms with Crippen LogP contribution in [0.2, 0.25) is 0 Å². The fourth-order valence-electron chi connectivity index (χ4n) is 1.57. The maximum absolute atomic E-state index is 13.9. The molecule has 0 atom stereocenters. The van der Waals surface area contributed by atoms with Crippen LogP contribution in [0.4, 0.5) is 14.5 Å². The van der Waals surface area contributed by atoms with E-state index in [9.17, 15) is 30.4 Å². The number of ether oxygens (including phenoxy) is 1. The molecule has 0 aliphatic carbocycles. The van der Waals surface area contributed by atoms with Crippen molar-refractivity contribution in [2.45, 2.75) is 0 Å². The van der Waals surface area contributed by atoms with Gasteiger partial charge >= 0.3 is 5.97 Å². The van der Waals surface area contributed by atoms with Crippen molar-refractivity contribution in [3.05, 3.63) is 29.3 Å². The highest BCUT2D eigenvalue weighted by molar-refractivity contribution is 8.09. The molecule has 11 heteroatoms. The van der Waals surface area contributed by atoms with Crippen LogP contribution in [0, 0.1) is 11.6 Å². The van der Waals surface area contributed by atoms with E-state index in [1.165, 1.54) is 0 Å². The lowest BCUT2D eigenvalue weighted by Crippen LogP contribution is -2.37. The SMILES string of the molecule is COC(=O)c1ccc(F)c(F)c1N(S(C)(=O)=O)S(C)(=O)=O. The Morgan fingerprint density at radius 3 is 1.95 bits per heavy atom. The number of carbonyl (C=O) groups is 1. The Balaban J connectivity index is 3.90. The van der Waals surface area contributed by atoms with Crippen LogP contribution in [0.5, 0.6) is 0 Å². The van der Waals surface area contributed by atoms with E-state index < -0.39 is 48.9 Å². The number of methoxy groups -OCH3 is 1. The van der Waals surface area contributed by atoms with Gasteiger partial charge in [-0.25, -0.2) is 30.4 Å². The van der Waals surface area contributed by atoms with Gasteiger partial charge in [0.2, 0.25) is 20.0 Å². The summed E-state index contributed by atoms with van der Waals surface area (Å²) < 4.78 is 77.6.